The number of carbonyl (C=O) groups is 2. The van der Waals surface area contributed by atoms with E-state index in [0.717, 1.165) is 0 Å². The Morgan fingerprint density at radius 2 is 2.33 bits per heavy atom. The monoisotopic (exact) mass is 176 g/mol. The van der Waals surface area contributed by atoms with Gasteiger partial charge in [0.15, 0.2) is 0 Å². The molecule has 0 saturated heterocycles. The van der Waals surface area contributed by atoms with Crippen LogP contribution in [0, 0.1) is 0 Å². The summed E-state index contributed by atoms with van der Waals surface area (Å²) in [5.74, 6) is -1.09. The van der Waals surface area contributed by atoms with Gasteiger partial charge in [0, 0.05) is 6.54 Å². The number of hydroxylamine groups is 1. The second-order valence-electron chi connectivity index (χ2n) is 2.19. The van der Waals surface area contributed by atoms with Gasteiger partial charge in [-0.15, -0.1) is 5.17 Å². The van der Waals surface area contributed by atoms with E-state index in [2.05, 4.69) is 5.43 Å². The molecule has 1 atom stereocenters. The van der Waals surface area contributed by atoms with Gasteiger partial charge in [0.2, 0.25) is 0 Å². The first-order chi connectivity index (χ1) is 5.60. The van der Waals surface area contributed by atoms with Crippen molar-refractivity contribution in [3.05, 3.63) is 0 Å². The van der Waals surface area contributed by atoms with Crippen molar-refractivity contribution >= 4 is 12.3 Å². The lowest BCUT2D eigenvalue weighted by Crippen LogP contribution is -2.44. The number of carbonyl (C=O) groups excluding carboxylic acids is 1. The fourth-order valence-electron chi connectivity index (χ4n) is 0.595. The van der Waals surface area contributed by atoms with Crippen molar-refractivity contribution in [1.29, 1.82) is 0 Å². The summed E-state index contributed by atoms with van der Waals surface area (Å²) < 4.78 is 0. The zero-order valence-corrected chi connectivity index (χ0v) is 6.73. The Morgan fingerprint density at radius 1 is 1.75 bits per heavy atom. The van der Waals surface area contributed by atoms with E-state index in [1.807, 2.05) is 0 Å². The Morgan fingerprint density at radius 3 is 2.67 bits per heavy atom. The van der Waals surface area contributed by atoms with E-state index in [1.54, 1.807) is 6.92 Å². The highest BCUT2D eigenvalue weighted by Gasteiger charge is 2.13. The molecule has 0 spiro atoms. The van der Waals surface area contributed by atoms with E-state index in [9.17, 15) is 9.59 Å². The minimum atomic E-state index is -1.09. The van der Waals surface area contributed by atoms with Gasteiger partial charge in [0.25, 0.3) is 0 Å². The van der Waals surface area contributed by atoms with Crippen LogP contribution in [0.4, 0.5) is 0 Å². The smallest absolute Gasteiger partial charge is 0.305 e. The van der Waals surface area contributed by atoms with Crippen molar-refractivity contribution in [2.45, 2.75) is 19.4 Å². The van der Waals surface area contributed by atoms with Crippen molar-refractivity contribution in [3.63, 3.8) is 0 Å². The van der Waals surface area contributed by atoms with Crippen LogP contribution in [-0.4, -0.2) is 40.3 Å². The summed E-state index contributed by atoms with van der Waals surface area (Å²) in [5.41, 5.74) is 2.29. The molecule has 0 radical (unpaired) electrons. The summed E-state index contributed by atoms with van der Waals surface area (Å²) in [6.45, 7) is 1.92. The lowest BCUT2D eigenvalue weighted by Gasteiger charge is -2.17. The lowest BCUT2D eigenvalue weighted by molar-refractivity contribution is -0.153. The maximum absolute atomic E-state index is 10.2. The molecule has 6 nitrogen and oxygen atoms in total. The van der Waals surface area contributed by atoms with Gasteiger partial charge < -0.3 is 9.90 Å². The van der Waals surface area contributed by atoms with Gasteiger partial charge in [-0.1, -0.05) is 0 Å². The largest absolute Gasteiger partial charge is 0.481 e. The zero-order valence-electron chi connectivity index (χ0n) is 6.73. The second-order valence-corrected chi connectivity index (χ2v) is 2.19. The predicted octanol–water partition coefficient (Wildman–Crippen LogP) is -0.756. The van der Waals surface area contributed by atoms with E-state index in [0.29, 0.717) is 11.5 Å². The van der Waals surface area contributed by atoms with Gasteiger partial charge in [0.1, 0.15) is 6.29 Å². The molecule has 12 heavy (non-hydrogen) atoms. The van der Waals surface area contributed by atoms with Crippen LogP contribution in [0.5, 0.6) is 0 Å². The highest BCUT2D eigenvalue weighted by atomic mass is 16.5. The fraction of sp³-hybridized carbons (Fsp3) is 0.667. The average molecular weight is 176 g/mol. The molecule has 70 valence electrons. The topological polar surface area (TPSA) is 89.9 Å². The summed E-state index contributed by atoms with van der Waals surface area (Å²) in [7, 11) is 0. The van der Waals surface area contributed by atoms with Crippen LogP contribution in [0.3, 0.4) is 0 Å². The van der Waals surface area contributed by atoms with Gasteiger partial charge in [0.05, 0.1) is 12.5 Å². The Balaban J connectivity index is 3.82. The Bertz CT molecular complexity index is 162. The number of carboxylic acid groups (broad SMARTS) is 1. The Hall–Kier alpha value is -0.980. The molecule has 0 rings (SSSR count). The lowest BCUT2D eigenvalue weighted by atomic mass is 10.2. The third-order valence-electron chi connectivity index (χ3n) is 1.17. The molecular weight excluding hydrogens is 164 g/mol. The third kappa shape index (κ3) is 4.78. The van der Waals surface area contributed by atoms with Gasteiger partial charge in [-0.05, 0) is 6.92 Å². The van der Waals surface area contributed by atoms with Gasteiger partial charge in [-0.3, -0.25) is 10.0 Å². The number of hydrogen-bond acceptors (Lipinski definition) is 5. The first-order valence-corrected chi connectivity index (χ1v) is 3.49. The molecular formula is C6H12N2O4. The summed E-state index contributed by atoms with van der Waals surface area (Å²) in [6.07, 6.45) is 0.0908. The first-order valence-electron chi connectivity index (χ1n) is 3.49. The minimum Gasteiger partial charge on any atom is -0.481 e. The summed E-state index contributed by atoms with van der Waals surface area (Å²) in [4.78, 5) is 20.4. The number of nitrogens with one attached hydrogen (secondary N) is 1. The number of aldehydes is 1. The highest BCUT2D eigenvalue weighted by molar-refractivity contribution is 5.73. The molecule has 0 saturated carbocycles. The van der Waals surface area contributed by atoms with E-state index in [1.165, 1.54) is 0 Å². The standard InChI is InChI=1S/C6H12N2O4/c1-2-8(12)7-5(4-9)3-6(10)11/h4-5,7,12H,2-3H2,1H3,(H,10,11)/t5-/m0/s1. The van der Waals surface area contributed by atoms with E-state index < -0.39 is 12.0 Å². The van der Waals surface area contributed by atoms with Gasteiger partial charge >= 0.3 is 5.97 Å². The molecule has 0 aromatic heterocycles. The van der Waals surface area contributed by atoms with Crippen LogP contribution < -0.4 is 5.43 Å². The molecule has 3 N–H and O–H groups in total. The molecule has 0 amide bonds. The minimum absolute atomic E-state index is 0.268. The molecule has 0 aromatic rings. The van der Waals surface area contributed by atoms with Crippen molar-refractivity contribution in [2.75, 3.05) is 6.54 Å². The Labute approximate surface area is 69.7 Å². The number of rotatable bonds is 6. The van der Waals surface area contributed by atoms with Crippen LogP contribution in [0.2, 0.25) is 0 Å². The van der Waals surface area contributed by atoms with Gasteiger partial charge in [-0.2, -0.15) is 0 Å². The molecule has 0 aliphatic rings. The average Bonchev–Trinajstić information content (AvgIpc) is 2.02. The van der Waals surface area contributed by atoms with E-state index in [4.69, 9.17) is 10.3 Å². The second kappa shape index (κ2) is 5.64. The van der Waals surface area contributed by atoms with E-state index in [-0.39, 0.29) is 13.0 Å². The molecule has 0 aromatic carbocycles. The maximum Gasteiger partial charge on any atom is 0.305 e. The molecule has 0 heterocycles. The number of hydrogen-bond donors (Lipinski definition) is 3. The summed E-state index contributed by atoms with van der Waals surface area (Å²) in [6, 6.07) is -0.882. The zero-order chi connectivity index (χ0) is 9.56. The van der Waals surface area contributed by atoms with Crippen LogP contribution in [0.1, 0.15) is 13.3 Å². The normalized spacial score (nSPS) is 12.9. The van der Waals surface area contributed by atoms with Crippen LogP contribution in [0.15, 0.2) is 0 Å². The molecule has 6 heteroatoms. The molecule has 0 aliphatic carbocycles. The molecule has 0 unspecified atom stereocenters. The van der Waals surface area contributed by atoms with E-state index >= 15 is 0 Å². The SMILES string of the molecule is CCN(O)N[C@H](C=O)CC(=O)O. The maximum atomic E-state index is 10.2. The first kappa shape index (κ1) is 11.0. The van der Waals surface area contributed by atoms with Gasteiger partial charge in [-0.25, -0.2) is 5.43 Å². The molecule has 0 aliphatic heterocycles. The molecule has 0 fully saturated rings. The van der Waals surface area contributed by atoms with Crippen molar-refractivity contribution in [1.82, 2.24) is 10.6 Å². The quantitative estimate of drug-likeness (QED) is 0.364. The van der Waals surface area contributed by atoms with Crippen molar-refractivity contribution in [2.24, 2.45) is 0 Å². The highest BCUT2D eigenvalue weighted by Crippen LogP contribution is 1.89. The molecule has 0 bridgehead atoms. The number of aliphatic carboxylic acids is 1. The van der Waals surface area contributed by atoms with Crippen molar-refractivity contribution in [3.8, 4) is 0 Å². The van der Waals surface area contributed by atoms with Crippen LogP contribution in [-0.2, 0) is 9.59 Å². The summed E-state index contributed by atoms with van der Waals surface area (Å²) >= 11 is 0. The van der Waals surface area contributed by atoms with Crippen LogP contribution in [0.25, 0.3) is 0 Å². The number of carboxylic acids is 1. The van der Waals surface area contributed by atoms with Crippen LogP contribution >= 0.6 is 0 Å². The summed E-state index contributed by atoms with van der Waals surface area (Å²) in [5, 5.41) is 17.8. The fourth-order valence-corrected chi connectivity index (χ4v) is 0.595. The van der Waals surface area contributed by atoms with Crippen molar-refractivity contribution < 1.29 is 19.9 Å². The number of hydrazine groups is 1. The Kier molecular flexibility index (Phi) is 5.18. The number of nitrogens with zero attached hydrogens (tertiary/aromatic N) is 1. The third-order valence-corrected chi connectivity index (χ3v) is 1.17. The predicted molar refractivity (Wildman–Crippen MR) is 39.4 cm³/mol.